The largest absolute Gasteiger partial charge is 0.508 e. The molecule has 81 heavy (non-hydrogen) atoms. The van der Waals surface area contributed by atoms with Gasteiger partial charge >= 0.3 is 0 Å². The van der Waals surface area contributed by atoms with Gasteiger partial charge in [0.05, 0.1) is 62.8 Å². The minimum Gasteiger partial charge on any atom is -0.508 e. The van der Waals surface area contributed by atoms with Crippen LogP contribution >= 0.6 is 23.2 Å². The molecule has 398 valence electrons. The summed E-state index contributed by atoms with van der Waals surface area (Å²) in [6.07, 6.45) is 14.1. The second kappa shape index (κ2) is 21.6. The summed E-state index contributed by atoms with van der Waals surface area (Å²) in [6, 6.07) is 32.8. The SMILES string of the molecule is C#Cc1cccc2nc(Cn3nc(-c4ccc(O)cc4)c4c(N)ncnc43)n(Cc3cc(OC)ccc3F)c(=O)c12.C#Cc1cccc2nc(Cn3nc(-c4ccc(O)cc4)c4c(N)ncnc43)n(Cc3ccc(Cl)c(Cl)c3)c(=O)c12. The van der Waals surface area contributed by atoms with E-state index in [-0.39, 0.29) is 71.6 Å². The second-order valence-electron chi connectivity index (χ2n) is 18.3. The van der Waals surface area contributed by atoms with Crippen molar-refractivity contribution in [1.82, 2.24) is 58.6 Å². The zero-order valence-electron chi connectivity index (χ0n) is 42.5. The highest BCUT2D eigenvalue weighted by atomic mass is 35.5. The first-order chi connectivity index (χ1) is 39.2. The molecule has 0 unspecified atom stereocenters. The van der Waals surface area contributed by atoms with Crippen molar-refractivity contribution in [2.24, 2.45) is 0 Å². The lowest BCUT2D eigenvalue weighted by Gasteiger charge is -2.15. The molecule has 0 aliphatic rings. The first-order valence-electron chi connectivity index (χ1n) is 24.5. The molecule has 0 saturated carbocycles. The van der Waals surface area contributed by atoms with Crippen LogP contribution in [0.5, 0.6) is 17.2 Å². The number of nitrogens with two attached hydrogens (primary N) is 2. The Labute approximate surface area is 468 Å². The standard InChI is InChI=1S/C30H22FN7O3.C29H19Cl2N7O2/c1-3-17-5-4-6-23-25(17)30(40)37(14-19-13-21(41-2)11-12-22(19)31)24(35-23)15-38-29-26(28(32)33-16-34-29)27(36-38)18-7-9-20(39)10-8-18;1-2-17-4-3-5-22-24(17)29(40)37(13-16-6-11-20(30)21(31)12-16)23(35-22)14-38-28-25(27(32)33-15-34-28)26(36-38)18-7-9-19(39)10-8-18/h1,4-13,16,39H,14-15H2,2H3,(H2,32,33,34);1,3-12,15,39H,13-14H2,(H2,32,33,34). The summed E-state index contributed by atoms with van der Waals surface area (Å²) in [6.45, 7) is 0.0914. The third-order valence-corrected chi connectivity index (χ3v) is 14.1. The van der Waals surface area contributed by atoms with Crippen molar-refractivity contribution in [3.63, 3.8) is 0 Å². The Morgan fingerprint density at radius 3 is 1.56 bits per heavy atom. The lowest BCUT2D eigenvalue weighted by molar-refractivity contribution is 0.412. The number of nitrogens with zero attached hydrogens (tertiary/aromatic N) is 12. The second-order valence-corrected chi connectivity index (χ2v) is 19.1. The molecule has 0 aliphatic heterocycles. The fraction of sp³-hybridized carbons (Fsp3) is 0.0847. The number of nitrogen functional groups attached to an aromatic ring is 2. The number of fused-ring (bicyclic) bond motifs is 4. The monoisotopic (exact) mass is 1110 g/mol. The molecule has 12 aromatic rings. The molecule has 6 heterocycles. The van der Waals surface area contributed by atoms with Crippen molar-refractivity contribution in [3.05, 3.63) is 204 Å². The Hall–Kier alpha value is -10.7. The molecule has 0 fully saturated rings. The number of rotatable bonds is 11. The van der Waals surface area contributed by atoms with E-state index in [0.717, 1.165) is 5.56 Å². The third kappa shape index (κ3) is 9.99. The Bertz CT molecular complexity index is 4700. The molecule has 0 atom stereocenters. The number of hydrogen-bond acceptors (Lipinski definition) is 15. The summed E-state index contributed by atoms with van der Waals surface area (Å²) in [5.74, 6) is 6.45. The van der Waals surface area contributed by atoms with Crippen LogP contribution in [0.2, 0.25) is 10.0 Å². The van der Waals surface area contributed by atoms with Gasteiger partial charge in [-0.15, -0.1) is 12.8 Å². The molecule has 0 bridgehead atoms. The van der Waals surface area contributed by atoms with E-state index in [2.05, 4.69) is 31.8 Å². The highest BCUT2D eigenvalue weighted by molar-refractivity contribution is 6.42. The van der Waals surface area contributed by atoms with Crippen LogP contribution in [0.4, 0.5) is 16.0 Å². The van der Waals surface area contributed by atoms with Crippen LogP contribution in [0.1, 0.15) is 33.9 Å². The van der Waals surface area contributed by atoms with Gasteiger partial charge in [-0.25, -0.2) is 43.7 Å². The van der Waals surface area contributed by atoms with Crippen LogP contribution in [0.15, 0.2) is 144 Å². The summed E-state index contributed by atoms with van der Waals surface area (Å²) >= 11 is 12.4. The van der Waals surface area contributed by atoms with Gasteiger partial charge in [0.15, 0.2) is 11.3 Å². The molecular weight excluding hydrogens is 1070 g/mol. The molecule has 19 nitrogen and oxygen atoms in total. The van der Waals surface area contributed by atoms with E-state index in [1.54, 1.807) is 105 Å². The number of benzene rings is 6. The summed E-state index contributed by atoms with van der Waals surface area (Å²) in [5.41, 5.74) is 17.7. The van der Waals surface area contributed by atoms with E-state index >= 15 is 0 Å². The van der Waals surface area contributed by atoms with E-state index in [0.29, 0.717) is 93.7 Å². The van der Waals surface area contributed by atoms with Crippen LogP contribution in [0.3, 0.4) is 0 Å². The van der Waals surface area contributed by atoms with Gasteiger partial charge in [-0.1, -0.05) is 53.2 Å². The van der Waals surface area contributed by atoms with Crippen LogP contribution in [0, 0.1) is 30.5 Å². The molecule has 0 aliphatic carbocycles. The fourth-order valence-electron chi connectivity index (χ4n) is 9.41. The fourth-order valence-corrected chi connectivity index (χ4v) is 9.73. The Morgan fingerprint density at radius 2 is 1.09 bits per heavy atom. The molecule has 0 radical (unpaired) electrons. The van der Waals surface area contributed by atoms with E-state index in [9.17, 15) is 24.2 Å². The van der Waals surface area contributed by atoms with Crippen molar-refractivity contribution in [3.8, 4) is 64.5 Å². The number of aromatic hydroxyl groups is 2. The van der Waals surface area contributed by atoms with Gasteiger partial charge in [-0.05, 0) is 109 Å². The molecule has 6 N–H and O–H groups in total. The number of terminal acetylenes is 2. The summed E-state index contributed by atoms with van der Waals surface area (Å²) in [5, 5.41) is 31.5. The minimum atomic E-state index is -0.506. The quantitative estimate of drug-likeness (QED) is 0.0884. The van der Waals surface area contributed by atoms with Gasteiger partial charge in [-0.2, -0.15) is 10.2 Å². The van der Waals surface area contributed by atoms with E-state index < -0.39 is 11.4 Å². The number of anilines is 2. The maximum absolute atomic E-state index is 14.9. The zero-order valence-corrected chi connectivity index (χ0v) is 44.0. The molecule has 6 aromatic carbocycles. The Balaban J connectivity index is 0.000000170. The van der Waals surface area contributed by atoms with Crippen molar-refractivity contribution < 1.29 is 19.3 Å². The molecule has 0 saturated heterocycles. The van der Waals surface area contributed by atoms with E-state index in [1.807, 2.05) is 0 Å². The molecule has 6 aromatic heterocycles. The highest BCUT2D eigenvalue weighted by Gasteiger charge is 2.24. The average Bonchev–Trinajstić information content (AvgIpc) is 4.05. The lowest BCUT2D eigenvalue weighted by Crippen LogP contribution is -2.28. The third-order valence-electron chi connectivity index (χ3n) is 13.3. The number of ether oxygens (including phenoxy) is 1. The number of hydrogen-bond donors (Lipinski definition) is 4. The molecular formula is C59H41Cl2FN14O5. The minimum absolute atomic E-state index is 0.0118. The Kier molecular flexibility index (Phi) is 14.0. The number of halogens is 3. The summed E-state index contributed by atoms with van der Waals surface area (Å²) in [4.78, 5) is 54.6. The topological polar surface area (TPSA) is 259 Å². The number of phenols is 2. The first-order valence-corrected chi connectivity index (χ1v) is 25.2. The normalized spacial score (nSPS) is 11.2. The lowest BCUT2D eigenvalue weighted by atomic mass is 10.1. The van der Waals surface area contributed by atoms with Crippen molar-refractivity contribution in [2.75, 3.05) is 18.6 Å². The van der Waals surface area contributed by atoms with Gasteiger partial charge in [0, 0.05) is 27.8 Å². The predicted octanol–water partition coefficient (Wildman–Crippen LogP) is 8.59. The van der Waals surface area contributed by atoms with Gasteiger partial charge in [-0.3, -0.25) is 18.7 Å². The van der Waals surface area contributed by atoms with Gasteiger partial charge < -0.3 is 26.4 Å². The summed E-state index contributed by atoms with van der Waals surface area (Å²) < 4.78 is 26.3. The molecule has 0 spiro atoms. The Morgan fingerprint density at radius 1 is 0.593 bits per heavy atom. The average molecular weight is 1120 g/mol. The van der Waals surface area contributed by atoms with E-state index in [4.69, 9.17) is 72.4 Å². The van der Waals surface area contributed by atoms with Crippen molar-refractivity contribution >= 4 is 78.7 Å². The molecule has 12 rings (SSSR count). The zero-order chi connectivity index (χ0) is 56.6. The van der Waals surface area contributed by atoms with Gasteiger partial charge in [0.25, 0.3) is 11.1 Å². The molecule has 22 heteroatoms. The molecule has 0 amide bonds. The van der Waals surface area contributed by atoms with Crippen LogP contribution < -0.4 is 27.3 Å². The van der Waals surface area contributed by atoms with Crippen LogP contribution in [-0.2, 0) is 26.2 Å². The van der Waals surface area contributed by atoms with Crippen LogP contribution in [-0.4, -0.2) is 75.9 Å². The van der Waals surface area contributed by atoms with Gasteiger partial charge in [0.1, 0.15) is 83.5 Å². The highest BCUT2D eigenvalue weighted by Crippen LogP contribution is 2.34. The van der Waals surface area contributed by atoms with Crippen LogP contribution in [0.25, 0.3) is 66.4 Å². The number of methoxy groups -OCH3 is 1. The van der Waals surface area contributed by atoms with Crippen molar-refractivity contribution in [2.45, 2.75) is 26.2 Å². The van der Waals surface area contributed by atoms with Crippen molar-refractivity contribution in [1.29, 1.82) is 0 Å². The number of aromatic nitrogens is 12. The maximum Gasteiger partial charge on any atom is 0.263 e. The summed E-state index contributed by atoms with van der Waals surface area (Å²) in [7, 11) is 1.48. The van der Waals surface area contributed by atoms with Gasteiger partial charge in [0.2, 0.25) is 0 Å². The van der Waals surface area contributed by atoms with E-state index in [1.165, 1.54) is 54.7 Å². The number of phenolic OH excluding ortho intramolecular Hbond substituents is 2. The smallest absolute Gasteiger partial charge is 0.263 e. The maximum atomic E-state index is 14.9. The predicted molar refractivity (Wildman–Crippen MR) is 307 cm³/mol. The first kappa shape index (κ1) is 52.4.